The van der Waals surface area contributed by atoms with Gasteiger partial charge in [0.25, 0.3) is 0 Å². The van der Waals surface area contributed by atoms with E-state index in [4.69, 9.17) is 19.4 Å². The molecule has 3 heterocycles. The van der Waals surface area contributed by atoms with E-state index in [1.54, 1.807) is 0 Å². The minimum atomic E-state index is -0.644. The Morgan fingerprint density at radius 3 is 1.83 bits per heavy atom. The van der Waals surface area contributed by atoms with Gasteiger partial charge in [-0.05, 0) is 106 Å². The average molecular weight is 770 g/mol. The van der Waals surface area contributed by atoms with Crippen LogP contribution in [0.2, 0.25) is 0 Å². The molecule has 0 spiro atoms. The summed E-state index contributed by atoms with van der Waals surface area (Å²) < 4.78 is 13.2. The molecule has 60 heavy (non-hydrogen) atoms. The van der Waals surface area contributed by atoms with Gasteiger partial charge >= 0.3 is 0 Å². The molecule has 0 fully saturated rings. The van der Waals surface area contributed by atoms with Gasteiger partial charge in [-0.15, -0.1) is 0 Å². The van der Waals surface area contributed by atoms with Crippen molar-refractivity contribution in [2.75, 3.05) is 4.90 Å². The maximum atomic E-state index is 6.75. The largest absolute Gasteiger partial charge is 0.449 e. The number of rotatable bonds is 6. The third-order valence-corrected chi connectivity index (χ3v) is 12.1. The van der Waals surface area contributed by atoms with Gasteiger partial charge in [0, 0.05) is 40.1 Å². The lowest BCUT2D eigenvalue weighted by atomic mass is 9.67. The highest BCUT2D eigenvalue weighted by atomic mass is 16.6. The topological polar surface area (TPSA) is 47.5 Å². The molecule has 0 N–H and O–H groups in total. The molecule has 2 aliphatic rings. The molecule has 5 heteroatoms. The molecule has 0 bridgehead atoms. The lowest BCUT2D eigenvalue weighted by Gasteiger charge is -2.35. The predicted octanol–water partition coefficient (Wildman–Crippen LogP) is 14.2. The second-order valence-corrected chi connectivity index (χ2v) is 15.3. The third-order valence-electron chi connectivity index (χ3n) is 12.1. The van der Waals surface area contributed by atoms with E-state index in [1.807, 2.05) is 48.8 Å². The summed E-state index contributed by atoms with van der Waals surface area (Å²) in [5.41, 5.74) is 13.4. The molecule has 2 aromatic heterocycles. The lowest BCUT2D eigenvalue weighted by molar-refractivity contribution is 0.360. The van der Waals surface area contributed by atoms with Gasteiger partial charge in [-0.1, -0.05) is 133 Å². The van der Waals surface area contributed by atoms with Crippen LogP contribution in [0.3, 0.4) is 0 Å². The van der Waals surface area contributed by atoms with Crippen molar-refractivity contribution in [3.05, 3.63) is 235 Å². The summed E-state index contributed by atoms with van der Waals surface area (Å²) in [5, 5.41) is 2.05. The monoisotopic (exact) mass is 769 g/mol. The molecule has 0 radical (unpaired) electrons. The van der Waals surface area contributed by atoms with Crippen molar-refractivity contribution in [1.29, 1.82) is 0 Å². The van der Waals surface area contributed by atoms with Gasteiger partial charge in [0.05, 0.1) is 22.1 Å². The maximum absolute atomic E-state index is 6.75. The van der Waals surface area contributed by atoms with Gasteiger partial charge in [-0.3, -0.25) is 9.97 Å². The third kappa shape index (κ3) is 5.12. The van der Waals surface area contributed by atoms with Crippen LogP contribution in [0.15, 0.2) is 213 Å². The Balaban J connectivity index is 1.07. The minimum Gasteiger partial charge on any atom is -0.449 e. The molecular formula is C55H35N3O2. The zero-order valence-electron chi connectivity index (χ0n) is 32.4. The quantitative estimate of drug-likeness (QED) is 0.158. The Morgan fingerprint density at radius 1 is 0.433 bits per heavy atom. The van der Waals surface area contributed by atoms with E-state index in [0.717, 1.165) is 72.4 Å². The number of benzene rings is 8. The van der Waals surface area contributed by atoms with Gasteiger partial charge in [-0.2, -0.15) is 0 Å². The van der Waals surface area contributed by atoms with Crippen LogP contribution >= 0.6 is 0 Å². The first-order chi connectivity index (χ1) is 29.8. The van der Waals surface area contributed by atoms with Crippen molar-refractivity contribution in [2.24, 2.45) is 0 Å². The number of para-hydroxylation sites is 2. The maximum Gasteiger partial charge on any atom is 0.178 e. The highest BCUT2D eigenvalue weighted by Gasteiger charge is 2.48. The highest BCUT2D eigenvalue weighted by Crippen LogP contribution is 2.62. The molecule has 0 amide bonds. The summed E-state index contributed by atoms with van der Waals surface area (Å²) in [6.45, 7) is 0. The van der Waals surface area contributed by atoms with E-state index >= 15 is 0 Å². The Labute approximate surface area is 347 Å². The van der Waals surface area contributed by atoms with E-state index in [2.05, 4.69) is 169 Å². The van der Waals surface area contributed by atoms with Gasteiger partial charge < -0.3 is 14.4 Å². The van der Waals surface area contributed by atoms with E-state index in [0.29, 0.717) is 17.2 Å². The van der Waals surface area contributed by atoms with Crippen LogP contribution in [0.4, 0.5) is 17.1 Å². The van der Waals surface area contributed by atoms with Crippen LogP contribution in [0, 0.1) is 0 Å². The molecule has 1 atom stereocenters. The molecule has 1 aliphatic heterocycles. The first-order valence-electron chi connectivity index (χ1n) is 20.2. The Kier molecular flexibility index (Phi) is 7.69. The minimum absolute atomic E-state index is 0.644. The summed E-state index contributed by atoms with van der Waals surface area (Å²) in [6.07, 6.45) is 3.69. The fourth-order valence-electron chi connectivity index (χ4n) is 9.49. The van der Waals surface area contributed by atoms with Crippen molar-refractivity contribution in [3.63, 3.8) is 0 Å². The molecule has 10 aromatic rings. The number of fused-ring (bicyclic) bond motifs is 9. The van der Waals surface area contributed by atoms with Crippen molar-refractivity contribution in [2.45, 2.75) is 5.41 Å². The van der Waals surface area contributed by atoms with Gasteiger partial charge in [0.2, 0.25) is 0 Å². The zero-order chi connectivity index (χ0) is 39.6. The van der Waals surface area contributed by atoms with Crippen molar-refractivity contribution in [3.8, 4) is 45.3 Å². The van der Waals surface area contributed by atoms with Crippen LogP contribution in [0.25, 0.3) is 44.1 Å². The number of pyridine rings is 2. The summed E-state index contributed by atoms with van der Waals surface area (Å²) in [6, 6.07) is 70.7. The predicted molar refractivity (Wildman–Crippen MR) is 241 cm³/mol. The molecule has 1 aliphatic carbocycles. The van der Waals surface area contributed by atoms with Crippen molar-refractivity contribution in [1.82, 2.24) is 9.97 Å². The summed E-state index contributed by atoms with van der Waals surface area (Å²) in [7, 11) is 0. The second kappa shape index (κ2) is 13.5. The van der Waals surface area contributed by atoms with E-state index in [9.17, 15) is 0 Å². The first kappa shape index (κ1) is 34.1. The molecule has 5 nitrogen and oxygen atoms in total. The number of aromatic nitrogens is 2. The normalized spacial score (nSPS) is 14.7. The van der Waals surface area contributed by atoms with Crippen LogP contribution < -0.4 is 14.4 Å². The van der Waals surface area contributed by atoms with E-state index in [1.165, 1.54) is 16.7 Å². The first-order valence-corrected chi connectivity index (χ1v) is 20.2. The molecular weight excluding hydrogens is 735 g/mol. The smallest absolute Gasteiger partial charge is 0.178 e. The lowest BCUT2D eigenvalue weighted by Crippen LogP contribution is -2.28. The summed E-state index contributed by atoms with van der Waals surface area (Å²) in [5.74, 6) is 2.88. The van der Waals surface area contributed by atoms with E-state index < -0.39 is 5.41 Å². The van der Waals surface area contributed by atoms with Gasteiger partial charge in [-0.25, -0.2) is 0 Å². The van der Waals surface area contributed by atoms with Crippen LogP contribution in [-0.4, -0.2) is 9.97 Å². The van der Waals surface area contributed by atoms with Crippen LogP contribution in [0.1, 0.15) is 22.3 Å². The standard InChI is InChI=1S/C55H35N3O2/c1-3-13-36(14-4-1)37-23-27-41(28-24-37)58(47-35-38-15-11-33-56-52(38)53-44(47)19-12-34-57-53)42-29-25-40(26-30-42)55(39-16-5-2-6-17-39)45-20-8-7-18-43(45)51-46(55)31-32-50-54(51)60-49-22-10-9-21-48(49)59-50/h1-35H. The van der Waals surface area contributed by atoms with Crippen molar-refractivity contribution >= 4 is 38.9 Å². The number of anilines is 3. The molecule has 1 unspecified atom stereocenters. The average Bonchev–Trinajstić information content (AvgIpc) is 3.63. The van der Waals surface area contributed by atoms with Gasteiger partial charge in [0.15, 0.2) is 23.0 Å². The number of nitrogens with zero attached hydrogens (tertiary/aromatic N) is 3. The van der Waals surface area contributed by atoms with Crippen molar-refractivity contribution < 1.29 is 9.47 Å². The number of hydrogen-bond donors (Lipinski definition) is 0. The fourth-order valence-corrected chi connectivity index (χ4v) is 9.49. The van der Waals surface area contributed by atoms with Crippen LogP contribution in [-0.2, 0) is 5.41 Å². The van der Waals surface area contributed by atoms with Crippen LogP contribution in [0.5, 0.6) is 23.0 Å². The molecule has 282 valence electrons. The summed E-state index contributed by atoms with van der Waals surface area (Å²) >= 11 is 0. The SMILES string of the molecule is c1ccc(-c2ccc(N(c3ccc(C4(c5ccccc5)c5ccccc5-c5c4ccc4c5Oc5ccccc5O4)cc3)c3cc4cccnc4c4ncccc34)cc2)cc1. The Morgan fingerprint density at radius 2 is 1.05 bits per heavy atom. The number of hydrogen-bond acceptors (Lipinski definition) is 5. The fraction of sp³-hybridized carbons (Fsp3) is 0.0182. The molecule has 0 saturated carbocycles. The molecule has 12 rings (SSSR count). The summed E-state index contributed by atoms with van der Waals surface area (Å²) in [4.78, 5) is 12.0. The molecule has 0 saturated heterocycles. The number of ether oxygens (including phenoxy) is 2. The second-order valence-electron chi connectivity index (χ2n) is 15.3. The van der Waals surface area contributed by atoms with Gasteiger partial charge in [0.1, 0.15) is 0 Å². The van der Waals surface area contributed by atoms with E-state index in [-0.39, 0.29) is 0 Å². The highest BCUT2D eigenvalue weighted by molar-refractivity contribution is 6.11. The zero-order valence-corrected chi connectivity index (χ0v) is 32.4. The Hall–Kier alpha value is -8.02. The Bertz CT molecular complexity index is 3260. The molecule has 8 aromatic carbocycles.